The number of rotatable bonds is 10. The molecule has 0 bridgehead atoms. The molecule has 2 aromatic heterocycles. The molecular formula is C26H27N3O8S2. The summed E-state index contributed by atoms with van der Waals surface area (Å²) in [6, 6.07) is 9.99. The van der Waals surface area contributed by atoms with Crippen LogP contribution in [0.4, 0.5) is 0 Å². The Morgan fingerprint density at radius 1 is 1.03 bits per heavy atom. The van der Waals surface area contributed by atoms with Crippen molar-refractivity contribution in [2.24, 2.45) is 0 Å². The maximum absolute atomic E-state index is 13.9. The average Bonchev–Trinajstić information content (AvgIpc) is 3.33. The van der Waals surface area contributed by atoms with Crippen LogP contribution >= 0.6 is 0 Å². The lowest BCUT2D eigenvalue weighted by Gasteiger charge is -2.13. The Balaban J connectivity index is 1.78. The summed E-state index contributed by atoms with van der Waals surface area (Å²) in [5.74, 6) is 0.555. The normalized spacial score (nSPS) is 12.2. The number of pyridine rings is 1. The third-order valence-electron chi connectivity index (χ3n) is 5.89. The van der Waals surface area contributed by atoms with Crippen molar-refractivity contribution < 1.29 is 36.7 Å². The average molecular weight is 574 g/mol. The van der Waals surface area contributed by atoms with Crippen LogP contribution in [0, 0.1) is 13.8 Å². The van der Waals surface area contributed by atoms with Crippen LogP contribution in [0.5, 0.6) is 17.2 Å². The molecule has 13 heteroatoms. The van der Waals surface area contributed by atoms with E-state index in [1.165, 1.54) is 31.4 Å². The number of nitrogens with zero attached hydrogens (tertiary/aromatic N) is 3. The van der Waals surface area contributed by atoms with Crippen LogP contribution in [0.1, 0.15) is 30.2 Å². The standard InChI is InChI=1S/C26H27N3O8S2/c1-6-24(30)37-36-18-7-10-20(11-8-18)39(32,33)29-23-12-9-19(34-4)13-21(23)28-26(29)38(31)15-22-17(3)25(35-5)16(2)14-27-22/h7-14H,6,15H2,1-5H3/t38-/m0/s1. The van der Waals surface area contributed by atoms with E-state index < -0.39 is 26.8 Å². The first-order valence-corrected chi connectivity index (χ1v) is 14.5. The lowest BCUT2D eigenvalue weighted by atomic mass is 10.1. The minimum Gasteiger partial charge on any atom is -0.497 e. The molecule has 0 aliphatic heterocycles. The van der Waals surface area contributed by atoms with Gasteiger partial charge in [0.1, 0.15) is 11.5 Å². The fourth-order valence-electron chi connectivity index (χ4n) is 3.85. The van der Waals surface area contributed by atoms with Crippen LogP contribution in [-0.4, -0.2) is 46.8 Å². The van der Waals surface area contributed by atoms with Crippen molar-refractivity contribution >= 4 is 37.8 Å². The summed E-state index contributed by atoms with van der Waals surface area (Å²) in [6.07, 6.45) is 1.74. The molecule has 0 fully saturated rings. The molecule has 39 heavy (non-hydrogen) atoms. The van der Waals surface area contributed by atoms with Gasteiger partial charge < -0.3 is 9.47 Å². The molecule has 0 spiro atoms. The van der Waals surface area contributed by atoms with Crippen LogP contribution in [0.3, 0.4) is 0 Å². The van der Waals surface area contributed by atoms with Gasteiger partial charge in [-0.3, -0.25) is 19.0 Å². The maximum Gasteiger partial charge on any atom is 0.355 e. The highest BCUT2D eigenvalue weighted by Crippen LogP contribution is 2.31. The Labute approximate surface area is 228 Å². The molecule has 0 N–H and O–H groups in total. The van der Waals surface area contributed by atoms with Crippen molar-refractivity contribution in [1.82, 2.24) is 13.9 Å². The summed E-state index contributed by atoms with van der Waals surface area (Å²) < 4.78 is 53.1. The number of carbonyl (C=O) groups excluding carboxylic acids is 1. The highest BCUT2D eigenvalue weighted by molar-refractivity contribution is 7.91. The van der Waals surface area contributed by atoms with Crippen molar-refractivity contribution in [3.05, 3.63) is 65.5 Å². The highest BCUT2D eigenvalue weighted by atomic mass is 32.2. The molecule has 11 nitrogen and oxygen atoms in total. The molecule has 0 saturated carbocycles. The molecule has 4 rings (SSSR count). The quantitative estimate of drug-likeness (QED) is 0.203. The third-order valence-corrected chi connectivity index (χ3v) is 8.94. The summed E-state index contributed by atoms with van der Waals surface area (Å²) >= 11 is 0. The zero-order valence-corrected chi connectivity index (χ0v) is 23.6. The van der Waals surface area contributed by atoms with Gasteiger partial charge in [0.15, 0.2) is 5.75 Å². The molecule has 0 radical (unpaired) electrons. The molecule has 0 saturated heterocycles. The van der Waals surface area contributed by atoms with Gasteiger partial charge in [-0.2, -0.15) is 0 Å². The van der Waals surface area contributed by atoms with Gasteiger partial charge in [0.05, 0.1) is 52.4 Å². The molecule has 1 atom stereocenters. The van der Waals surface area contributed by atoms with Crippen LogP contribution in [0.25, 0.3) is 11.0 Å². The summed E-state index contributed by atoms with van der Waals surface area (Å²) in [5, 5.41) is -0.170. The molecule has 0 amide bonds. The SMILES string of the molecule is CCC(=O)OOc1ccc(S(=O)(=O)n2c([S@@](=O)Cc3ncc(C)c(OC)c3C)nc3cc(OC)ccc32)cc1. The van der Waals surface area contributed by atoms with E-state index in [-0.39, 0.29) is 33.5 Å². The van der Waals surface area contributed by atoms with E-state index in [0.29, 0.717) is 28.3 Å². The molecule has 2 heterocycles. The summed E-state index contributed by atoms with van der Waals surface area (Å²) in [4.78, 5) is 29.6. The topological polar surface area (TPSA) is 136 Å². The fraction of sp³-hybridized carbons (Fsp3) is 0.269. The number of aryl methyl sites for hydroxylation is 1. The number of methoxy groups -OCH3 is 2. The Hall–Kier alpha value is -3.97. The minimum atomic E-state index is -4.28. The fourth-order valence-corrected chi connectivity index (χ4v) is 6.90. The van der Waals surface area contributed by atoms with E-state index in [0.717, 1.165) is 9.54 Å². The maximum atomic E-state index is 13.9. The number of carbonyl (C=O) groups is 1. The van der Waals surface area contributed by atoms with Crippen LogP contribution in [-0.2, 0) is 36.3 Å². The summed E-state index contributed by atoms with van der Waals surface area (Å²) in [5.41, 5.74) is 2.54. The third kappa shape index (κ3) is 5.59. The van der Waals surface area contributed by atoms with Gasteiger partial charge in [-0.05, 0) is 50.2 Å². The van der Waals surface area contributed by atoms with Gasteiger partial charge in [0.25, 0.3) is 10.0 Å². The molecule has 4 aromatic rings. The zero-order valence-electron chi connectivity index (χ0n) is 22.0. The number of aromatic nitrogens is 3. The predicted molar refractivity (Wildman–Crippen MR) is 143 cm³/mol. The van der Waals surface area contributed by atoms with E-state index >= 15 is 0 Å². The van der Waals surface area contributed by atoms with Crippen LogP contribution < -0.4 is 14.4 Å². The van der Waals surface area contributed by atoms with Crippen molar-refractivity contribution in [3.8, 4) is 17.2 Å². The molecular weight excluding hydrogens is 546 g/mol. The monoisotopic (exact) mass is 573 g/mol. The van der Waals surface area contributed by atoms with Crippen molar-refractivity contribution in [2.45, 2.75) is 43.0 Å². The largest absolute Gasteiger partial charge is 0.497 e. The Morgan fingerprint density at radius 2 is 1.72 bits per heavy atom. The first-order chi connectivity index (χ1) is 18.6. The molecule has 206 valence electrons. The smallest absolute Gasteiger partial charge is 0.355 e. The van der Waals surface area contributed by atoms with E-state index in [4.69, 9.17) is 14.4 Å². The van der Waals surface area contributed by atoms with E-state index in [1.807, 2.05) is 6.92 Å². The van der Waals surface area contributed by atoms with Crippen LogP contribution in [0.2, 0.25) is 0 Å². The Morgan fingerprint density at radius 3 is 2.36 bits per heavy atom. The second kappa shape index (κ2) is 11.4. The number of imidazole rings is 1. The first-order valence-electron chi connectivity index (χ1n) is 11.8. The molecule has 0 aliphatic rings. The van der Waals surface area contributed by atoms with Crippen LogP contribution in [0.15, 0.2) is 58.7 Å². The Kier molecular flexibility index (Phi) is 8.21. The Bertz CT molecular complexity index is 1670. The second-order valence-electron chi connectivity index (χ2n) is 8.42. The first kappa shape index (κ1) is 28.0. The minimum absolute atomic E-state index is 0.0893. The zero-order chi connectivity index (χ0) is 28.3. The molecule has 0 aliphatic carbocycles. The number of ether oxygens (including phenoxy) is 2. The van der Waals surface area contributed by atoms with Gasteiger partial charge in [-0.1, -0.05) is 6.92 Å². The number of fused-ring (bicyclic) bond motifs is 1. The van der Waals surface area contributed by atoms with Gasteiger partial charge in [0, 0.05) is 29.8 Å². The van der Waals surface area contributed by atoms with Crippen molar-refractivity contribution in [1.29, 1.82) is 0 Å². The predicted octanol–water partition coefficient (Wildman–Crippen LogP) is 3.86. The summed E-state index contributed by atoms with van der Waals surface area (Å²) in [7, 11) is -3.17. The highest BCUT2D eigenvalue weighted by Gasteiger charge is 2.28. The van der Waals surface area contributed by atoms with Crippen molar-refractivity contribution in [2.75, 3.05) is 14.2 Å². The molecule has 2 aromatic carbocycles. The summed E-state index contributed by atoms with van der Waals surface area (Å²) in [6.45, 7) is 5.26. The second-order valence-corrected chi connectivity index (χ2v) is 11.5. The van der Waals surface area contributed by atoms with Gasteiger partial charge in [-0.25, -0.2) is 22.2 Å². The van der Waals surface area contributed by atoms with Gasteiger partial charge >= 0.3 is 5.97 Å². The lowest BCUT2D eigenvalue weighted by Crippen LogP contribution is -2.18. The number of hydrogen-bond donors (Lipinski definition) is 0. The number of hydrogen-bond acceptors (Lipinski definition) is 10. The van der Waals surface area contributed by atoms with E-state index in [2.05, 4.69) is 14.9 Å². The van der Waals surface area contributed by atoms with Gasteiger partial charge in [-0.15, -0.1) is 0 Å². The van der Waals surface area contributed by atoms with E-state index in [9.17, 15) is 17.4 Å². The van der Waals surface area contributed by atoms with Crippen molar-refractivity contribution in [3.63, 3.8) is 0 Å². The van der Waals surface area contributed by atoms with E-state index in [1.54, 1.807) is 45.4 Å². The number of benzene rings is 2. The van der Waals surface area contributed by atoms with Gasteiger partial charge in [0.2, 0.25) is 5.16 Å². The molecule has 0 unspecified atom stereocenters. The lowest BCUT2D eigenvalue weighted by molar-refractivity contribution is -0.213.